The molecule has 0 aliphatic heterocycles. The molecule has 0 radical (unpaired) electrons. The van der Waals surface area contributed by atoms with Crippen LogP contribution in [-0.4, -0.2) is 11.1 Å². The number of aryl methyl sites for hydroxylation is 1. The number of hydrogen-bond donors (Lipinski definition) is 1. The van der Waals surface area contributed by atoms with Crippen LogP contribution >= 0.6 is 23.4 Å². The van der Waals surface area contributed by atoms with Crippen LogP contribution in [0.15, 0.2) is 53.4 Å². The molecule has 4 heteroatoms. The van der Waals surface area contributed by atoms with Crippen molar-refractivity contribution in [2.75, 3.05) is 0 Å². The molecular weight excluding hydrogens is 280 g/mol. The Hall–Kier alpha value is -1.45. The van der Waals surface area contributed by atoms with Crippen LogP contribution in [-0.2, 0) is 4.79 Å². The minimum Gasteiger partial charge on any atom is -0.480 e. The van der Waals surface area contributed by atoms with Gasteiger partial charge >= 0.3 is 5.97 Å². The maximum absolute atomic E-state index is 11.4. The lowest BCUT2D eigenvalue weighted by molar-refractivity contribution is -0.136. The number of carboxylic acid groups (broad SMARTS) is 1. The second-order valence-electron chi connectivity index (χ2n) is 4.20. The van der Waals surface area contributed by atoms with Crippen molar-refractivity contribution < 1.29 is 9.90 Å². The van der Waals surface area contributed by atoms with Crippen molar-refractivity contribution in [3.63, 3.8) is 0 Å². The summed E-state index contributed by atoms with van der Waals surface area (Å²) in [6.07, 6.45) is 0. The van der Waals surface area contributed by atoms with Crippen LogP contribution < -0.4 is 0 Å². The maximum Gasteiger partial charge on any atom is 0.321 e. The summed E-state index contributed by atoms with van der Waals surface area (Å²) in [4.78, 5) is 12.3. The Morgan fingerprint density at radius 3 is 2.21 bits per heavy atom. The molecule has 98 valence electrons. The average Bonchev–Trinajstić information content (AvgIpc) is 2.39. The molecular formula is C15H13ClO2S. The number of rotatable bonds is 4. The van der Waals surface area contributed by atoms with E-state index in [1.165, 1.54) is 11.8 Å². The molecule has 1 unspecified atom stereocenters. The molecule has 0 amide bonds. The Morgan fingerprint density at radius 1 is 1.11 bits per heavy atom. The lowest BCUT2D eigenvalue weighted by Crippen LogP contribution is -2.07. The van der Waals surface area contributed by atoms with E-state index in [0.717, 1.165) is 16.0 Å². The van der Waals surface area contributed by atoms with E-state index >= 15 is 0 Å². The number of aliphatic carboxylic acids is 1. The standard InChI is InChI=1S/C15H13ClO2S/c1-10-2-8-13(9-3-10)19-14(15(17)18)11-4-6-12(16)7-5-11/h2-9,14H,1H3,(H,17,18). The Bertz CT molecular complexity index is 564. The fraction of sp³-hybridized carbons (Fsp3) is 0.133. The highest BCUT2D eigenvalue weighted by Crippen LogP contribution is 2.35. The van der Waals surface area contributed by atoms with Crippen LogP contribution in [0.2, 0.25) is 5.02 Å². The van der Waals surface area contributed by atoms with E-state index in [2.05, 4.69) is 0 Å². The minimum absolute atomic E-state index is 0.605. The van der Waals surface area contributed by atoms with Gasteiger partial charge in [-0.2, -0.15) is 0 Å². The largest absolute Gasteiger partial charge is 0.480 e. The van der Waals surface area contributed by atoms with Gasteiger partial charge in [0.1, 0.15) is 5.25 Å². The molecule has 0 bridgehead atoms. The van der Waals surface area contributed by atoms with E-state index < -0.39 is 11.2 Å². The zero-order valence-electron chi connectivity index (χ0n) is 10.3. The van der Waals surface area contributed by atoms with Gasteiger partial charge in [0.25, 0.3) is 0 Å². The van der Waals surface area contributed by atoms with Crippen molar-refractivity contribution >= 4 is 29.3 Å². The number of carboxylic acids is 1. The number of benzene rings is 2. The summed E-state index contributed by atoms with van der Waals surface area (Å²) in [6.45, 7) is 2.00. The smallest absolute Gasteiger partial charge is 0.321 e. The Morgan fingerprint density at radius 2 is 1.68 bits per heavy atom. The molecule has 2 nitrogen and oxygen atoms in total. The molecule has 0 aliphatic rings. The quantitative estimate of drug-likeness (QED) is 0.839. The lowest BCUT2D eigenvalue weighted by atomic mass is 10.1. The van der Waals surface area contributed by atoms with E-state index in [-0.39, 0.29) is 0 Å². The zero-order chi connectivity index (χ0) is 13.8. The molecule has 0 fully saturated rings. The van der Waals surface area contributed by atoms with Crippen molar-refractivity contribution in [1.82, 2.24) is 0 Å². The van der Waals surface area contributed by atoms with E-state index in [1.54, 1.807) is 24.3 Å². The van der Waals surface area contributed by atoms with Crippen molar-refractivity contribution in [1.29, 1.82) is 0 Å². The maximum atomic E-state index is 11.4. The van der Waals surface area contributed by atoms with Crippen molar-refractivity contribution in [2.45, 2.75) is 17.1 Å². The molecule has 2 aromatic carbocycles. The van der Waals surface area contributed by atoms with Gasteiger partial charge in [-0.3, -0.25) is 4.79 Å². The van der Waals surface area contributed by atoms with Crippen molar-refractivity contribution in [2.24, 2.45) is 0 Å². The summed E-state index contributed by atoms with van der Waals surface area (Å²) in [5.41, 5.74) is 1.89. The molecule has 0 heterocycles. The summed E-state index contributed by atoms with van der Waals surface area (Å²) in [7, 11) is 0. The normalized spacial score (nSPS) is 12.1. The van der Waals surface area contributed by atoms with Crippen LogP contribution in [0.1, 0.15) is 16.4 Å². The molecule has 1 N–H and O–H groups in total. The number of halogens is 1. The van der Waals surface area contributed by atoms with Crippen molar-refractivity contribution in [3.05, 3.63) is 64.7 Å². The van der Waals surface area contributed by atoms with E-state index in [4.69, 9.17) is 11.6 Å². The van der Waals surface area contributed by atoms with Gasteiger partial charge < -0.3 is 5.11 Å². The summed E-state index contributed by atoms with van der Waals surface area (Å²) < 4.78 is 0. The van der Waals surface area contributed by atoms with Gasteiger partial charge in [-0.15, -0.1) is 11.8 Å². The van der Waals surface area contributed by atoms with E-state index in [1.807, 2.05) is 31.2 Å². The molecule has 0 saturated carbocycles. The topological polar surface area (TPSA) is 37.3 Å². The lowest BCUT2D eigenvalue weighted by Gasteiger charge is -2.12. The SMILES string of the molecule is Cc1ccc(SC(C(=O)O)c2ccc(Cl)cc2)cc1. The van der Waals surface area contributed by atoms with Crippen molar-refractivity contribution in [3.8, 4) is 0 Å². The van der Waals surface area contributed by atoms with Gasteiger partial charge in [-0.05, 0) is 36.8 Å². The molecule has 2 aromatic rings. The van der Waals surface area contributed by atoms with Crippen LogP contribution in [0, 0.1) is 6.92 Å². The highest BCUT2D eigenvalue weighted by molar-refractivity contribution is 8.00. The molecule has 2 rings (SSSR count). The number of hydrogen-bond acceptors (Lipinski definition) is 2. The van der Waals surface area contributed by atoms with Gasteiger partial charge in [0.15, 0.2) is 0 Å². The van der Waals surface area contributed by atoms with Crippen LogP contribution in [0.3, 0.4) is 0 Å². The van der Waals surface area contributed by atoms with Gasteiger partial charge in [0.2, 0.25) is 0 Å². The summed E-state index contributed by atoms with van der Waals surface area (Å²) >= 11 is 7.14. The van der Waals surface area contributed by atoms with Gasteiger partial charge in [-0.1, -0.05) is 41.4 Å². The van der Waals surface area contributed by atoms with Crippen LogP contribution in [0.5, 0.6) is 0 Å². The molecule has 0 aromatic heterocycles. The first-order valence-electron chi connectivity index (χ1n) is 5.78. The summed E-state index contributed by atoms with van der Waals surface area (Å²) in [5.74, 6) is -0.854. The fourth-order valence-electron chi connectivity index (χ4n) is 1.65. The Kier molecular flexibility index (Phi) is 4.51. The highest BCUT2D eigenvalue weighted by Gasteiger charge is 2.21. The third kappa shape index (κ3) is 3.75. The van der Waals surface area contributed by atoms with Crippen LogP contribution in [0.4, 0.5) is 0 Å². The third-order valence-electron chi connectivity index (χ3n) is 2.67. The first-order chi connectivity index (χ1) is 9.06. The summed E-state index contributed by atoms with van der Waals surface area (Å²) in [6, 6.07) is 14.7. The monoisotopic (exact) mass is 292 g/mol. The first-order valence-corrected chi connectivity index (χ1v) is 7.03. The predicted molar refractivity (Wildman–Crippen MR) is 78.9 cm³/mol. The first kappa shape index (κ1) is 14.0. The number of thioether (sulfide) groups is 1. The van der Waals surface area contributed by atoms with E-state index in [9.17, 15) is 9.90 Å². The predicted octanol–water partition coefficient (Wildman–Crippen LogP) is 4.57. The van der Waals surface area contributed by atoms with Gasteiger partial charge in [0, 0.05) is 9.92 Å². The Balaban J connectivity index is 2.23. The highest BCUT2D eigenvalue weighted by atomic mass is 35.5. The molecule has 0 aliphatic carbocycles. The zero-order valence-corrected chi connectivity index (χ0v) is 11.9. The van der Waals surface area contributed by atoms with Gasteiger partial charge in [-0.25, -0.2) is 0 Å². The second-order valence-corrected chi connectivity index (χ2v) is 5.82. The van der Waals surface area contributed by atoms with Crippen LogP contribution in [0.25, 0.3) is 0 Å². The van der Waals surface area contributed by atoms with E-state index in [0.29, 0.717) is 5.02 Å². The molecule has 19 heavy (non-hydrogen) atoms. The minimum atomic E-state index is -0.854. The third-order valence-corrected chi connectivity index (χ3v) is 4.18. The number of carbonyl (C=O) groups is 1. The second kappa shape index (κ2) is 6.13. The Labute approximate surface area is 121 Å². The summed E-state index contributed by atoms with van der Waals surface area (Å²) in [5, 5.41) is 9.34. The molecule has 1 atom stereocenters. The average molecular weight is 293 g/mol. The fourth-order valence-corrected chi connectivity index (χ4v) is 2.74. The van der Waals surface area contributed by atoms with Gasteiger partial charge in [0.05, 0.1) is 0 Å². The molecule has 0 spiro atoms. The molecule has 0 saturated heterocycles.